The van der Waals surface area contributed by atoms with E-state index in [-0.39, 0.29) is 12.0 Å². The quantitative estimate of drug-likeness (QED) is 0.644. The van der Waals surface area contributed by atoms with Crippen molar-refractivity contribution in [2.45, 2.75) is 59.1 Å². The van der Waals surface area contributed by atoms with Crippen molar-refractivity contribution in [3.63, 3.8) is 0 Å². The molecule has 31 heavy (non-hydrogen) atoms. The predicted octanol–water partition coefficient (Wildman–Crippen LogP) is 4.74. The van der Waals surface area contributed by atoms with Gasteiger partial charge >= 0.3 is 0 Å². The number of benzene rings is 1. The number of carbonyl (C=O) groups excluding carboxylic acids is 1. The summed E-state index contributed by atoms with van der Waals surface area (Å²) >= 11 is 0. The number of aryl methyl sites for hydroxylation is 3. The summed E-state index contributed by atoms with van der Waals surface area (Å²) in [4.78, 5) is 17.9. The molecule has 5 heteroatoms. The fourth-order valence-electron chi connectivity index (χ4n) is 4.94. The molecule has 0 radical (unpaired) electrons. The lowest BCUT2D eigenvalue weighted by atomic mass is 9.95. The fraction of sp³-hybridized carbons (Fsp3) is 0.577. The van der Waals surface area contributed by atoms with Gasteiger partial charge in [0, 0.05) is 31.8 Å². The Bertz CT molecular complexity index is 877. The van der Waals surface area contributed by atoms with Crippen LogP contribution < -0.4 is 0 Å². The number of furan rings is 1. The minimum Gasteiger partial charge on any atom is -0.456 e. The third kappa shape index (κ3) is 5.58. The van der Waals surface area contributed by atoms with E-state index in [0.717, 1.165) is 69.8 Å². The van der Waals surface area contributed by atoms with Crippen LogP contribution in [0, 0.1) is 26.7 Å². The highest BCUT2D eigenvalue weighted by Crippen LogP contribution is 2.24. The number of nitrogens with zero attached hydrogens (tertiary/aromatic N) is 2. The van der Waals surface area contributed by atoms with Crippen LogP contribution in [0.2, 0.25) is 0 Å². The molecule has 4 rings (SSSR count). The molecule has 0 bridgehead atoms. The summed E-state index contributed by atoms with van der Waals surface area (Å²) in [6, 6.07) is 10.6. The summed E-state index contributed by atoms with van der Waals surface area (Å²) in [6.07, 6.45) is 4.52. The van der Waals surface area contributed by atoms with E-state index in [1.807, 2.05) is 24.8 Å². The lowest BCUT2D eigenvalue weighted by Crippen LogP contribution is -2.43. The van der Waals surface area contributed by atoms with Crippen LogP contribution in [-0.2, 0) is 11.3 Å². The van der Waals surface area contributed by atoms with Gasteiger partial charge < -0.3 is 14.1 Å². The van der Waals surface area contributed by atoms with Crippen LogP contribution in [0.25, 0.3) is 0 Å². The Kier molecular flexibility index (Phi) is 7.13. The molecule has 2 aromatic rings. The normalized spacial score (nSPS) is 20.3. The van der Waals surface area contributed by atoms with E-state index in [4.69, 9.17) is 9.15 Å². The largest absolute Gasteiger partial charge is 0.456 e. The first kappa shape index (κ1) is 22.1. The molecule has 1 aromatic heterocycles. The highest BCUT2D eigenvalue weighted by atomic mass is 16.5. The Labute approximate surface area is 186 Å². The van der Waals surface area contributed by atoms with E-state index in [0.29, 0.717) is 18.2 Å². The second kappa shape index (κ2) is 10.0. The third-order valence-electron chi connectivity index (χ3n) is 6.81. The minimum atomic E-state index is 0.0171. The van der Waals surface area contributed by atoms with Crippen molar-refractivity contribution < 1.29 is 13.9 Å². The molecule has 3 heterocycles. The Morgan fingerprint density at radius 2 is 1.84 bits per heavy atom. The van der Waals surface area contributed by atoms with Gasteiger partial charge in [-0.25, -0.2) is 0 Å². The SMILES string of the molecule is Cc1cc(C)c(C(=O)N(CC2CCN(Cc3ccccc3C)CC2)C[C@H]2CCCO2)o1. The van der Waals surface area contributed by atoms with Crippen molar-refractivity contribution in [1.29, 1.82) is 0 Å². The van der Waals surface area contributed by atoms with Gasteiger partial charge in [-0.1, -0.05) is 24.3 Å². The third-order valence-corrected chi connectivity index (χ3v) is 6.81. The van der Waals surface area contributed by atoms with E-state index < -0.39 is 0 Å². The summed E-state index contributed by atoms with van der Waals surface area (Å²) in [7, 11) is 0. The van der Waals surface area contributed by atoms with Crippen LogP contribution in [-0.4, -0.2) is 54.6 Å². The van der Waals surface area contributed by atoms with E-state index in [1.54, 1.807) is 0 Å². The maximum Gasteiger partial charge on any atom is 0.289 e. The molecule has 0 aliphatic carbocycles. The summed E-state index contributed by atoms with van der Waals surface area (Å²) in [5.41, 5.74) is 3.70. The number of ether oxygens (including phenoxy) is 1. The highest BCUT2D eigenvalue weighted by Gasteiger charge is 2.30. The maximum atomic E-state index is 13.3. The first-order valence-corrected chi connectivity index (χ1v) is 11.7. The van der Waals surface area contributed by atoms with Crippen molar-refractivity contribution >= 4 is 5.91 Å². The van der Waals surface area contributed by atoms with Crippen molar-refractivity contribution in [2.75, 3.05) is 32.8 Å². The summed E-state index contributed by atoms with van der Waals surface area (Å²) in [5, 5.41) is 0. The molecule has 1 atom stereocenters. The molecule has 2 saturated heterocycles. The van der Waals surface area contributed by atoms with Gasteiger partial charge in [-0.2, -0.15) is 0 Å². The Balaban J connectivity index is 1.37. The first-order chi connectivity index (χ1) is 15.0. The number of hydrogen-bond donors (Lipinski definition) is 0. The molecule has 2 aliphatic rings. The average molecular weight is 425 g/mol. The molecular weight excluding hydrogens is 388 g/mol. The van der Waals surface area contributed by atoms with Crippen LogP contribution >= 0.6 is 0 Å². The molecule has 0 unspecified atom stereocenters. The van der Waals surface area contributed by atoms with Crippen molar-refractivity contribution in [1.82, 2.24) is 9.80 Å². The predicted molar refractivity (Wildman–Crippen MR) is 122 cm³/mol. The van der Waals surface area contributed by atoms with Crippen LogP contribution in [0.1, 0.15) is 58.7 Å². The molecule has 5 nitrogen and oxygen atoms in total. The number of rotatable bonds is 7. The van der Waals surface area contributed by atoms with E-state index in [9.17, 15) is 4.79 Å². The van der Waals surface area contributed by atoms with Crippen molar-refractivity contribution in [3.05, 3.63) is 58.5 Å². The first-order valence-electron chi connectivity index (χ1n) is 11.7. The standard InChI is InChI=1S/C26H36N2O3/c1-19-7-4-5-8-23(19)17-27-12-10-22(11-13-27)16-28(18-24-9-6-14-30-24)26(29)25-20(2)15-21(3)31-25/h4-5,7-8,15,22,24H,6,9-14,16-18H2,1-3H3/t24-/m1/s1. The average Bonchev–Trinajstić information content (AvgIpc) is 3.39. The number of amides is 1. The summed E-state index contributed by atoms with van der Waals surface area (Å²) < 4.78 is 11.6. The monoisotopic (exact) mass is 424 g/mol. The highest BCUT2D eigenvalue weighted by molar-refractivity contribution is 5.93. The Morgan fingerprint density at radius 1 is 1.06 bits per heavy atom. The zero-order valence-corrected chi connectivity index (χ0v) is 19.2. The second-order valence-electron chi connectivity index (χ2n) is 9.36. The van der Waals surface area contributed by atoms with Gasteiger partial charge in [0.25, 0.3) is 5.91 Å². The molecule has 1 aromatic carbocycles. The van der Waals surface area contributed by atoms with Crippen LogP contribution in [0.5, 0.6) is 0 Å². The number of likely N-dealkylation sites (tertiary alicyclic amines) is 1. The second-order valence-corrected chi connectivity index (χ2v) is 9.36. The van der Waals surface area contributed by atoms with Crippen molar-refractivity contribution in [3.8, 4) is 0 Å². The van der Waals surface area contributed by atoms with Gasteiger partial charge in [0.1, 0.15) is 5.76 Å². The topological polar surface area (TPSA) is 45.9 Å². The lowest BCUT2D eigenvalue weighted by molar-refractivity contribution is 0.0421. The smallest absolute Gasteiger partial charge is 0.289 e. The van der Waals surface area contributed by atoms with Gasteiger partial charge in [-0.05, 0) is 82.7 Å². The van der Waals surface area contributed by atoms with Gasteiger partial charge in [-0.15, -0.1) is 0 Å². The zero-order valence-electron chi connectivity index (χ0n) is 19.2. The summed E-state index contributed by atoms with van der Waals surface area (Å²) in [6.45, 7) is 11.5. The van der Waals surface area contributed by atoms with Crippen LogP contribution in [0.15, 0.2) is 34.7 Å². The zero-order chi connectivity index (χ0) is 21.8. The Hall–Kier alpha value is -2.11. The lowest BCUT2D eigenvalue weighted by Gasteiger charge is -2.35. The van der Waals surface area contributed by atoms with E-state index >= 15 is 0 Å². The fourth-order valence-corrected chi connectivity index (χ4v) is 4.94. The van der Waals surface area contributed by atoms with Gasteiger partial charge in [0.15, 0.2) is 5.76 Å². The van der Waals surface area contributed by atoms with E-state index in [2.05, 4.69) is 36.1 Å². The molecule has 1 amide bonds. The van der Waals surface area contributed by atoms with Gasteiger partial charge in [-0.3, -0.25) is 9.69 Å². The van der Waals surface area contributed by atoms with Gasteiger partial charge in [0.2, 0.25) is 0 Å². The maximum absolute atomic E-state index is 13.3. The number of carbonyl (C=O) groups is 1. The van der Waals surface area contributed by atoms with Crippen molar-refractivity contribution in [2.24, 2.45) is 5.92 Å². The number of hydrogen-bond acceptors (Lipinski definition) is 4. The van der Waals surface area contributed by atoms with Gasteiger partial charge in [0.05, 0.1) is 6.10 Å². The molecule has 2 aliphatic heterocycles. The van der Waals surface area contributed by atoms with Crippen LogP contribution in [0.4, 0.5) is 0 Å². The molecule has 2 fully saturated rings. The van der Waals surface area contributed by atoms with E-state index in [1.165, 1.54) is 11.1 Å². The Morgan fingerprint density at radius 3 is 2.48 bits per heavy atom. The molecule has 0 spiro atoms. The molecular formula is C26H36N2O3. The molecule has 168 valence electrons. The molecule has 0 N–H and O–H groups in total. The molecule has 0 saturated carbocycles. The van der Waals surface area contributed by atoms with Crippen LogP contribution in [0.3, 0.4) is 0 Å². The minimum absolute atomic E-state index is 0.0171. The summed E-state index contributed by atoms with van der Waals surface area (Å²) in [5.74, 6) is 1.83. The number of piperidine rings is 1.